The number of hydrogen-bond donors (Lipinski definition) is 3. The fraction of sp³-hybridized carbons (Fsp3) is 0.188. The zero-order valence-corrected chi connectivity index (χ0v) is 12.8. The highest BCUT2D eigenvalue weighted by molar-refractivity contribution is 9.10. The number of aliphatic hydroxyl groups is 1. The molecule has 4 nitrogen and oxygen atoms in total. The first kappa shape index (κ1) is 14.1. The molecule has 0 fully saturated rings. The van der Waals surface area contributed by atoms with Gasteiger partial charge in [0.25, 0.3) is 0 Å². The molecular weight excluding hydrogens is 332 g/mol. The number of carbonyl (C=O) groups is 1. The van der Waals surface area contributed by atoms with Gasteiger partial charge in [-0.1, -0.05) is 40.2 Å². The van der Waals surface area contributed by atoms with E-state index in [2.05, 4.69) is 26.6 Å². The van der Waals surface area contributed by atoms with E-state index in [1.54, 1.807) is 0 Å². The lowest BCUT2D eigenvalue weighted by molar-refractivity contribution is 0.144. The summed E-state index contributed by atoms with van der Waals surface area (Å²) in [5.41, 5.74) is 2.77. The summed E-state index contributed by atoms with van der Waals surface area (Å²) >= 11 is 3.35. The summed E-state index contributed by atoms with van der Waals surface area (Å²) in [5.74, 6) is 0. The smallest absolute Gasteiger partial charge is 0.319 e. The monoisotopic (exact) mass is 346 g/mol. The number of amides is 2. The van der Waals surface area contributed by atoms with Crippen LogP contribution in [0, 0.1) is 0 Å². The van der Waals surface area contributed by atoms with Crippen molar-refractivity contribution in [1.82, 2.24) is 5.32 Å². The summed E-state index contributed by atoms with van der Waals surface area (Å²) in [6.07, 6.45) is -0.0163. The fourth-order valence-corrected chi connectivity index (χ4v) is 2.85. The molecule has 0 spiro atoms. The second-order valence-electron chi connectivity index (χ2n) is 5.05. The van der Waals surface area contributed by atoms with Gasteiger partial charge >= 0.3 is 6.03 Å². The van der Waals surface area contributed by atoms with Crippen LogP contribution in [0.2, 0.25) is 0 Å². The van der Waals surface area contributed by atoms with Crippen LogP contribution in [0.1, 0.15) is 17.2 Å². The van der Waals surface area contributed by atoms with E-state index in [1.807, 2.05) is 48.5 Å². The molecule has 0 unspecified atom stereocenters. The molecule has 0 bridgehead atoms. The summed E-state index contributed by atoms with van der Waals surface area (Å²) in [6, 6.07) is 14.4. The minimum Gasteiger partial charge on any atom is -0.390 e. The molecule has 0 saturated carbocycles. The lowest BCUT2D eigenvalue weighted by atomic mass is 10.1. The molecule has 0 heterocycles. The Kier molecular flexibility index (Phi) is 3.94. The van der Waals surface area contributed by atoms with Gasteiger partial charge in [0.05, 0.1) is 12.1 Å². The molecule has 21 heavy (non-hydrogen) atoms. The average molecular weight is 347 g/mol. The summed E-state index contributed by atoms with van der Waals surface area (Å²) < 4.78 is 0.952. The third-order valence-electron chi connectivity index (χ3n) is 3.59. The third-order valence-corrected chi connectivity index (χ3v) is 4.12. The van der Waals surface area contributed by atoms with Gasteiger partial charge in [0.2, 0.25) is 0 Å². The zero-order valence-electron chi connectivity index (χ0n) is 11.2. The maximum Gasteiger partial charge on any atom is 0.319 e. The predicted octanol–water partition coefficient (Wildman–Crippen LogP) is 3.23. The molecule has 0 aromatic heterocycles. The highest BCUT2D eigenvalue weighted by Crippen LogP contribution is 2.31. The first-order valence-corrected chi connectivity index (χ1v) is 7.52. The number of halogens is 1. The van der Waals surface area contributed by atoms with Crippen LogP contribution in [-0.4, -0.2) is 17.2 Å². The van der Waals surface area contributed by atoms with E-state index in [-0.39, 0.29) is 12.1 Å². The van der Waals surface area contributed by atoms with Gasteiger partial charge in [-0.25, -0.2) is 4.79 Å². The second-order valence-corrected chi connectivity index (χ2v) is 5.97. The van der Waals surface area contributed by atoms with Gasteiger partial charge in [-0.2, -0.15) is 0 Å². The Balaban J connectivity index is 1.69. The number of hydrogen-bond acceptors (Lipinski definition) is 2. The molecule has 2 atom stereocenters. The summed E-state index contributed by atoms with van der Waals surface area (Å²) in [6.45, 7) is 0. The number of nitrogens with one attached hydrogen (secondary N) is 2. The van der Waals surface area contributed by atoms with Crippen molar-refractivity contribution in [2.45, 2.75) is 18.6 Å². The number of benzene rings is 2. The molecule has 108 valence electrons. The predicted molar refractivity (Wildman–Crippen MR) is 85.2 cm³/mol. The number of fused-ring (bicyclic) bond motifs is 1. The molecular formula is C16H15BrN2O2. The Hall–Kier alpha value is -1.85. The number of anilines is 1. The number of urea groups is 1. The maximum atomic E-state index is 12.1. The van der Waals surface area contributed by atoms with Crippen molar-refractivity contribution in [2.24, 2.45) is 0 Å². The fourth-order valence-electron chi connectivity index (χ4n) is 2.59. The van der Waals surface area contributed by atoms with Crippen LogP contribution in [0.15, 0.2) is 53.0 Å². The normalized spacial score (nSPS) is 19.9. The Bertz CT molecular complexity index is 658. The molecule has 2 aromatic carbocycles. The van der Waals surface area contributed by atoms with Crippen molar-refractivity contribution in [3.8, 4) is 0 Å². The van der Waals surface area contributed by atoms with Gasteiger partial charge in [-0.05, 0) is 35.4 Å². The Morgan fingerprint density at radius 1 is 1.14 bits per heavy atom. The van der Waals surface area contributed by atoms with E-state index >= 15 is 0 Å². The van der Waals surface area contributed by atoms with Crippen LogP contribution < -0.4 is 10.6 Å². The highest BCUT2D eigenvalue weighted by Gasteiger charge is 2.31. The van der Waals surface area contributed by atoms with E-state index in [9.17, 15) is 9.90 Å². The van der Waals surface area contributed by atoms with Crippen molar-refractivity contribution >= 4 is 27.6 Å². The molecule has 0 aliphatic heterocycles. The van der Waals surface area contributed by atoms with Gasteiger partial charge in [-0.3, -0.25) is 0 Å². The van der Waals surface area contributed by atoms with Crippen LogP contribution in [-0.2, 0) is 6.42 Å². The number of carbonyl (C=O) groups excluding carboxylic acids is 1. The van der Waals surface area contributed by atoms with Crippen molar-refractivity contribution in [2.75, 3.05) is 5.32 Å². The number of aliphatic hydroxyl groups excluding tert-OH is 1. The van der Waals surface area contributed by atoms with Crippen molar-refractivity contribution < 1.29 is 9.90 Å². The standard InChI is InChI=1S/C16H15BrN2O2/c17-11-5-7-12(8-6-11)18-16(21)19-15-13-4-2-1-3-10(13)9-14(15)20/h1-8,14-15,20H,9H2,(H2,18,19,21)/t14-,15+/m0/s1. The lowest BCUT2D eigenvalue weighted by Gasteiger charge is -2.18. The van der Waals surface area contributed by atoms with Crippen molar-refractivity contribution in [3.63, 3.8) is 0 Å². The van der Waals surface area contributed by atoms with E-state index in [0.717, 1.165) is 15.6 Å². The molecule has 1 aliphatic rings. The Morgan fingerprint density at radius 2 is 1.86 bits per heavy atom. The summed E-state index contributed by atoms with van der Waals surface area (Å²) in [4.78, 5) is 12.1. The van der Waals surface area contributed by atoms with Crippen LogP contribution in [0.5, 0.6) is 0 Å². The Labute approximate surface area is 131 Å². The molecule has 0 saturated heterocycles. The van der Waals surface area contributed by atoms with Crippen LogP contribution in [0.3, 0.4) is 0 Å². The minimum atomic E-state index is -0.585. The van der Waals surface area contributed by atoms with Crippen molar-refractivity contribution in [3.05, 3.63) is 64.1 Å². The molecule has 3 rings (SSSR count). The average Bonchev–Trinajstić information content (AvgIpc) is 2.78. The molecule has 5 heteroatoms. The van der Waals surface area contributed by atoms with Gasteiger partial charge in [0.1, 0.15) is 0 Å². The van der Waals surface area contributed by atoms with Gasteiger partial charge < -0.3 is 15.7 Å². The summed E-state index contributed by atoms with van der Waals surface area (Å²) in [5, 5.41) is 15.7. The van der Waals surface area contributed by atoms with Gasteiger partial charge in [-0.15, -0.1) is 0 Å². The topological polar surface area (TPSA) is 61.4 Å². The number of rotatable bonds is 2. The maximum absolute atomic E-state index is 12.1. The van der Waals surface area contributed by atoms with Crippen LogP contribution >= 0.6 is 15.9 Å². The van der Waals surface area contributed by atoms with Crippen LogP contribution in [0.25, 0.3) is 0 Å². The molecule has 0 radical (unpaired) electrons. The largest absolute Gasteiger partial charge is 0.390 e. The van der Waals surface area contributed by atoms with Crippen molar-refractivity contribution in [1.29, 1.82) is 0 Å². The first-order chi connectivity index (χ1) is 10.1. The van der Waals surface area contributed by atoms with E-state index in [0.29, 0.717) is 12.1 Å². The van der Waals surface area contributed by atoms with E-state index in [4.69, 9.17) is 0 Å². The first-order valence-electron chi connectivity index (χ1n) is 6.72. The molecule has 2 amide bonds. The summed E-state index contributed by atoms with van der Waals surface area (Å²) in [7, 11) is 0. The highest BCUT2D eigenvalue weighted by atomic mass is 79.9. The lowest BCUT2D eigenvalue weighted by Crippen LogP contribution is -2.36. The Morgan fingerprint density at radius 3 is 2.62 bits per heavy atom. The van der Waals surface area contributed by atoms with Gasteiger partial charge in [0, 0.05) is 16.6 Å². The minimum absolute atomic E-state index is 0.321. The third kappa shape index (κ3) is 3.09. The van der Waals surface area contributed by atoms with E-state index < -0.39 is 6.10 Å². The van der Waals surface area contributed by atoms with E-state index in [1.165, 1.54) is 0 Å². The molecule has 1 aliphatic carbocycles. The van der Waals surface area contributed by atoms with Crippen LogP contribution in [0.4, 0.5) is 10.5 Å². The zero-order chi connectivity index (χ0) is 14.8. The molecule has 3 N–H and O–H groups in total. The molecule has 2 aromatic rings. The quantitative estimate of drug-likeness (QED) is 0.781. The SMILES string of the molecule is O=C(Nc1ccc(Br)cc1)N[C@@H]1c2ccccc2C[C@@H]1O. The van der Waals surface area contributed by atoms with Gasteiger partial charge in [0.15, 0.2) is 0 Å². The second kappa shape index (κ2) is 5.87.